The summed E-state index contributed by atoms with van der Waals surface area (Å²) in [5, 5.41) is 4.82. The molecule has 1 saturated heterocycles. The highest BCUT2D eigenvalue weighted by atomic mass is 16.5. The second-order valence-electron chi connectivity index (χ2n) is 4.81. The first-order chi connectivity index (χ1) is 9.58. The highest BCUT2D eigenvalue weighted by Gasteiger charge is 2.30. The molecule has 2 N–H and O–H groups in total. The summed E-state index contributed by atoms with van der Waals surface area (Å²) in [7, 11) is 1.34. The molecule has 1 fully saturated rings. The van der Waals surface area contributed by atoms with Gasteiger partial charge in [0.25, 0.3) is 0 Å². The first kappa shape index (κ1) is 16.4. The molecule has 7 nitrogen and oxygen atoms in total. The Morgan fingerprint density at radius 3 is 2.70 bits per heavy atom. The minimum Gasteiger partial charge on any atom is -0.468 e. The molecule has 1 aliphatic heterocycles. The van der Waals surface area contributed by atoms with Gasteiger partial charge in [0.2, 0.25) is 5.91 Å². The first-order valence-electron chi connectivity index (χ1n) is 6.98. The lowest BCUT2D eigenvalue weighted by molar-refractivity contribution is -0.148. The van der Waals surface area contributed by atoms with Gasteiger partial charge in [-0.15, -0.1) is 0 Å². The molecule has 1 heterocycles. The van der Waals surface area contributed by atoms with Crippen molar-refractivity contribution >= 4 is 17.9 Å². The summed E-state index contributed by atoms with van der Waals surface area (Å²) in [6, 6.07) is -0.887. The summed E-state index contributed by atoms with van der Waals surface area (Å²) >= 11 is 0. The molecule has 1 aliphatic rings. The molecular formula is C13H23N3O4. The van der Waals surface area contributed by atoms with E-state index in [0.717, 1.165) is 19.3 Å². The zero-order chi connectivity index (χ0) is 15.0. The smallest absolute Gasteiger partial charge is 0.323 e. The quantitative estimate of drug-likeness (QED) is 0.707. The normalized spacial score (nSPS) is 19.2. The number of piperidine rings is 1. The van der Waals surface area contributed by atoms with Gasteiger partial charge in [0.15, 0.2) is 0 Å². The first-order valence-corrected chi connectivity index (χ1v) is 6.98. The Morgan fingerprint density at radius 2 is 2.05 bits per heavy atom. The van der Waals surface area contributed by atoms with Crippen molar-refractivity contribution in [2.24, 2.45) is 0 Å². The third kappa shape index (κ3) is 5.16. The van der Waals surface area contributed by atoms with Crippen LogP contribution in [0, 0.1) is 0 Å². The van der Waals surface area contributed by atoms with Crippen LogP contribution in [0.25, 0.3) is 0 Å². The standard InChI is InChI=1S/C13H23N3O4/c1-3-7-14-13(19)15-11(17)9-16-8-5-4-6-10(16)12(18)20-2/h10H,3-9H2,1-2H3,(H2,14,15,17,19). The molecule has 0 spiro atoms. The van der Waals surface area contributed by atoms with Crippen LogP contribution >= 0.6 is 0 Å². The molecule has 20 heavy (non-hydrogen) atoms. The van der Waals surface area contributed by atoms with E-state index in [0.29, 0.717) is 19.5 Å². The van der Waals surface area contributed by atoms with Crippen molar-refractivity contribution < 1.29 is 19.1 Å². The van der Waals surface area contributed by atoms with E-state index < -0.39 is 18.0 Å². The Hall–Kier alpha value is -1.63. The Bertz CT molecular complexity index is 360. The maximum Gasteiger partial charge on any atom is 0.323 e. The predicted molar refractivity (Wildman–Crippen MR) is 73.1 cm³/mol. The van der Waals surface area contributed by atoms with Crippen LogP contribution in [0.15, 0.2) is 0 Å². The van der Waals surface area contributed by atoms with Crippen molar-refractivity contribution in [3.05, 3.63) is 0 Å². The van der Waals surface area contributed by atoms with Gasteiger partial charge in [-0.25, -0.2) is 4.79 Å². The highest BCUT2D eigenvalue weighted by molar-refractivity contribution is 5.95. The van der Waals surface area contributed by atoms with Gasteiger partial charge >= 0.3 is 12.0 Å². The Morgan fingerprint density at radius 1 is 1.30 bits per heavy atom. The molecule has 0 aromatic carbocycles. The van der Waals surface area contributed by atoms with Crippen molar-refractivity contribution in [1.29, 1.82) is 0 Å². The second kappa shape index (κ2) is 8.52. The van der Waals surface area contributed by atoms with Crippen molar-refractivity contribution in [1.82, 2.24) is 15.5 Å². The molecule has 0 aromatic rings. The summed E-state index contributed by atoms with van der Waals surface area (Å²) in [5.41, 5.74) is 0. The minimum absolute atomic E-state index is 0.0271. The molecule has 1 rings (SSSR count). The molecule has 7 heteroatoms. The molecule has 1 atom stereocenters. The number of ether oxygens (including phenoxy) is 1. The van der Waals surface area contributed by atoms with Gasteiger partial charge in [0.1, 0.15) is 6.04 Å². The fourth-order valence-electron chi connectivity index (χ4n) is 2.22. The van der Waals surface area contributed by atoms with E-state index in [1.54, 1.807) is 4.90 Å². The summed E-state index contributed by atoms with van der Waals surface area (Å²) in [6.07, 6.45) is 3.36. The third-order valence-corrected chi connectivity index (χ3v) is 3.22. The number of carbonyl (C=O) groups is 3. The highest BCUT2D eigenvalue weighted by Crippen LogP contribution is 2.17. The monoisotopic (exact) mass is 285 g/mol. The van der Waals surface area contributed by atoms with E-state index in [1.807, 2.05) is 6.92 Å². The number of methoxy groups -OCH3 is 1. The zero-order valence-electron chi connectivity index (χ0n) is 12.1. The number of rotatable bonds is 5. The number of nitrogens with one attached hydrogen (secondary N) is 2. The van der Waals surface area contributed by atoms with Crippen LogP contribution in [-0.4, -0.2) is 55.6 Å². The van der Waals surface area contributed by atoms with Crippen LogP contribution < -0.4 is 10.6 Å². The maximum atomic E-state index is 11.8. The molecule has 0 bridgehead atoms. The molecule has 0 aromatic heterocycles. The van der Waals surface area contributed by atoms with E-state index in [4.69, 9.17) is 4.74 Å². The van der Waals surface area contributed by atoms with Crippen LogP contribution in [0.1, 0.15) is 32.6 Å². The van der Waals surface area contributed by atoms with Gasteiger partial charge in [-0.05, 0) is 25.8 Å². The summed E-state index contributed by atoms with van der Waals surface area (Å²) < 4.78 is 4.74. The lowest BCUT2D eigenvalue weighted by Gasteiger charge is -2.32. The molecule has 0 radical (unpaired) electrons. The van der Waals surface area contributed by atoms with Gasteiger partial charge in [0.05, 0.1) is 13.7 Å². The van der Waals surface area contributed by atoms with E-state index in [2.05, 4.69) is 10.6 Å². The fraction of sp³-hybridized carbons (Fsp3) is 0.769. The van der Waals surface area contributed by atoms with E-state index in [-0.39, 0.29) is 12.5 Å². The average molecular weight is 285 g/mol. The number of urea groups is 1. The van der Waals surface area contributed by atoms with Gasteiger partial charge in [-0.2, -0.15) is 0 Å². The number of hydrogen-bond acceptors (Lipinski definition) is 5. The molecule has 0 aliphatic carbocycles. The average Bonchev–Trinajstić information content (AvgIpc) is 2.44. The summed E-state index contributed by atoms with van der Waals surface area (Å²) in [4.78, 5) is 36.6. The van der Waals surface area contributed by atoms with Crippen molar-refractivity contribution in [2.75, 3.05) is 26.7 Å². The van der Waals surface area contributed by atoms with Crippen LogP contribution in [0.4, 0.5) is 4.79 Å². The number of imide groups is 1. The van der Waals surface area contributed by atoms with Crippen molar-refractivity contribution in [2.45, 2.75) is 38.6 Å². The van der Waals surface area contributed by atoms with Gasteiger partial charge in [-0.1, -0.05) is 13.3 Å². The van der Waals surface area contributed by atoms with Gasteiger partial charge in [-0.3, -0.25) is 19.8 Å². The zero-order valence-corrected chi connectivity index (χ0v) is 12.1. The third-order valence-electron chi connectivity index (χ3n) is 3.22. The van der Waals surface area contributed by atoms with E-state index in [1.165, 1.54) is 7.11 Å². The number of likely N-dealkylation sites (tertiary alicyclic amines) is 1. The van der Waals surface area contributed by atoms with Crippen molar-refractivity contribution in [3.8, 4) is 0 Å². The largest absolute Gasteiger partial charge is 0.468 e. The van der Waals surface area contributed by atoms with Crippen LogP contribution in [0.3, 0.4) is 0 Å². The van der Waals surface area contributed by atoms with Gasteiger partial charge < -0.3 is 10.1 Å². The van der Waals surface area contributed by atoms with E-state index in [9.17, 15) is 14.4 Å². The number of amides is 3. The Kier molecular flexibility index (Phi) is 7.00. The Labute approximate surface area is 119 Å². The molecule has 1 unspecified atom stereocenters. The topological polar surface area (TPSA) is 87.7 Å². The molecular weight excluding hydrogens is 262 g/mol. The summed E-state index contributed by atoms with van der Waals surface area (Å²) in [6.45, 7) is 3.13. The maximum absolute atomic E-state index is 11.8. The number of esters is 1. The number of hydrogen-bond donors (Lipinski definition) is 2. The Balaban J connectivity index is 2.45. The van der Waals surface area contributed by atoms with E-state index >= 15 is 0 Å². The second-order valence-corrected chi connectivity index (χ2v) is 4.81. The number of carbonyl (C=O) groups excluding carboxylic acids is 3. The molecule has 3 amide bonds. The van der Waals surface area contributed by atoms with Gasteiger partial charge in [0, 0.05) is 6.54 Å². The predicted octanol–water partition coefficient (Wildman–Crippen LogP) is 0.250. The molecule has 114 valence electrons. The lowest BCUT2D eigenvalue weighted by atomic mass is 10.0. The van der Waals surface area contributed by atoms with Crippen molar-refractivity contribution in [3.63, 3.8) is 0 Å². The number of nitrogens with zero attached hydrogens (tertiary/aromatic N) is 1. The van der Waals surface area contributed by atoms with Crippen LogP contribution in [0.2, 0.25) is 0 Å². The molecule has 0 saturated carbocycles. The fourth-order valence-corrected chi connectivity index (χ4v) is 2.22. The van der Waals surface area contributed by atoms with Crippen LogP contribution in [0.5, 0.6) is 0 Å². The SMILES string of the molecule is CCCNC(=O)NC(=O)CN1CCCCC1C(=O)OC. The summed E-state index contributed by atoms with van der Waals surface area (Å²) in [5.74, 6) is -0.734. The van der Waals surface area contributed by atoms with Crippen LogP contribution in [-0.2, 0) is 14.3 Å². The lowest BCUT2D eigenvalue weighted by Crippen LogP contribution is -2.51. The minimum atomic E-state index is -0.497.